The molecule has 0 bridgehead atoms. The number of halogens is 3. The van der Waals surface area contributed by atoms with E-state index in [4.69, 9.17) is 9.84 Å². The zero-order valence-corrected chi connectivity index (χ0v) is 14.0. The van der Waals surface area contributed by atoms with Crippen molar-refractivity contribution in [2.24, 2.45) is 5.92 Å². The first-order chi connectivity index (χ1) is 12.8. The highest BCUT2D eigenvalue weighted by Gasteiger charge is 2.40. The summed E-state index contributed by atoms with van der Waals surface area (Å²) in [6.45, 7) is 1.03. The number of hydrogen-bond donors (Lipinski definition) is 2. The Balaban J connectivity index is 1.81. The maximum Gasteiger partial charge on any atom is 0.434 e. The van der Waals surface area contributed by atoms with E-state index in [2.05, 4.69) is 10.4 Å². The van der Waals surface area contributed by atoms with Crippen molar-refractivity contribution in [3.8, 4) is 5.69 Å². The Morgan fingerprint density at radius 3 is 2.37 bits per heavy atom. The molecular formula is C17H16F3N3O4. The van der Waals surface area contributed by atoms with Crippen molar-refractivity contribution >= 4 is 17.6 Å². The summed E-state index contributed by atoms with van der Waals surface area (Å²) in [5.41, 5.74) is -1.85. The molecule has 2 aromatic rings. The van der Waals surface area contributed by atoms with Crippen LogP contribution in [0.4, 0.5) is 18.9 Å². The minimum Gasteiger partial charge on any atom is -0.478 e. The number of nitrogens with one attached hydrogen (secondary N) is 1. The minimum absolute atomic E-state index is 0.0268. The summed E-state index contributed by atoms with van der Waals surface area (Å²) in [5, 5.41) is 15.2. The highest BCUT2D eigenvalue weighted by molar-refractivity contribution is 5.92. The number of hydrogen-bond acceptors (Lipinski definition) is 4. The number of nitrogens with zero attached hydrogens (tertiary/aromatic N) is 2. The summed E-state index contributed by atoms with van der Waals surface area (Å²) in [4.78, 5) is 23.2. The highest BCUT2D eigenvalue weighted by Crippen LogP contribution is 2.33. The molecule has 3 rings (SSSR count). The largest absolute Gasteiger partial charge is 0.478 e. The third-order valence-electron chi connectivity index (χ3n) is 4.24. The third kappa shape index (κ3) is 4.11. The number of anilines is 1. The summed E-state index contributed by atoms with van der Waals surface area (Å²) in [6.07, 6.45) is -3.00. The van der Waals surface area contributed by atoms with Crippen LogP contribution in [0.25, 0.3) is 5.69 Å². The molecule has 1 aromatic heterocycles. The summed E-state index contributed by atoms with van der Waals surface area (Å²) in [5.74, 6) is -2.05. The second-order valence-corrected chi connectivity index (χ2v) is 6.04. The molecule has 0 atom stereocenters. The normalized spacial score (nSPS) is 15.5. The SMILES string of the molecule is O=C(O)c1cnn(-c2ccc(NC(=O)C3CCOCC3)cc2)c1C(F)(F)F. The Hall–Kier alpha value is -2.88. The lowest BCUT2D eigenvalue weighted by atomic mass is 9.99. The quantitative estimate of drug-likeness (QED) is 0.847. The van der Waals surface area contributed by atoms with Crippen LogP contribution in [-0.2, 0) is 15.7 Å². The van der Waals surface area contributed by atoms with Crippen LogP contribution in [0.3, 0.4) is 0 Å². The number of carbonyl (C=O) groups excluding carboxylic acids is 1. The predicted molar refractivity (Wildman–Crippen MR) is 87.7 cm³/mol. The fourth-order valence-electron chi connectivity index (χ4n) is 2.86. The van der Waals surface area contributed by atoms with Gasteiger partial charge in [-0.2, -0.15) is 18.3 Å². The Morgan fingerprint density at radius 2 is 1.81 bits per heavy atom. The molecule has 0 aliphatic carbocycles. The molecule has 10 heteroatoms. The molecule has 1 amide bonds. The van der Waals surface area contributed by atoms with Gasteiger partial charge in [0.1, 0.15) is 5.56 Å². The zero-order chi connectivity index (χ0) is 19.6. The Kier molecular flexibility index (Phi) is 5.17. The van der Waals surface area contributed by atoms with Crippen LogP contribution in [0.15, 0.2) is 30.5 Å². The molecule has 1 saturated heterocycles. The topological polar surface area (TPSA) is 93.5 Å². The fourth-order valence-corrected chi connectivity index (χ4v) is 2.86. The molecule has 7 nitrogen and oxygen atoms in total. The second kappa shape index (κ2) is 7.39. The number of aromatic carboxylic acids is 1. The molecule has 0 saturated carbocycles. The number of amides is 1. The van der Waals surface area contributed by atoms with Gasteiger partial charge in [-0.25, -0.2) is 9.48 Å². The maximum atomic E-state index is 13.3. The second-order valence-electron chi connectivity index (χ2n) is 6.04. The van der Waals surface area contributed by atoms with Crippen LogP contribution in [-0.4, -0.2) is 40.0 Å². The Bertz CT molecular complexity index is 840. The first kappa shape index (κ1) is 18.9. The lowest BCUT2D eigenvalue weighted by Gasteiger charge is -2.21. The van der Waals surface area contributed by atoms with E-state index in [1.807, 2.05) is 0 Å². The molecule has 1 fully saturated rings. The number of carboxylic acid groups (broad SMARTS) is 1. The van der Waals surface area contributed by atoms with Gasteiger partial charge in [0.2, 0.25) is 5.91 Å². The summed E-state index contributed by atoms with van der Waals surface area (Å²) in [7, 11) is 0. The average Bonchev–Trinajstić information content (AvgIpc) is 3.09. The average molecular weight is 383 g/mol. The van der Waals surface area contributed by atoms with Gasteiger partial charge in [-0.1, -0.05) is 0 Å². The first-order valence-electron chi connectivity index (χ1n) is 8.15. The van der Waals surface area contributed by atoms with Crippen LogP contribution >= 0.6 is 0 Å². The summed E-state index contributed by atoms with van der Waals surface area (Å²) < 4.78 is 45.5. The summed E-state index contributed by atoms with van der Waals surface area (Å²) in [6, 6.07) is 5.53. The third-order valence-corrected chi connectivity index (χ3v) is 4.24. The Labute approximate surface area is 151 Å². The molecule has 144 valence electrons. The molecular weight excluding hydrogens is 367 g/mol. The van der Waals surface area contributed by atoms with E-state index in [0.717, 1.165) is 0 Å². The number of aromatic nitrogens is 2. The van der Waals surface area contributed by atoms with E-state index in [9.17, 15) is 22.8 Å². The molecule has 2 N–H and O–H groups in total. The first-order valence-corrected chi connectivity index (χ1v) is 8.15. The lowest BCUT2D eigenvalue weighted by Crippen LogP contribution is -2.28. The molecule has 0 unspecified atom stereocenters. The number of rotatable bonds is 4. The number of ether oxygens (including phenoxy) is 1. The predicted octanol–water partition coefficient (Wildman–Crippen LogP) is 2.95. The number of carbonyl (C=O) groups is 2. The van der Waals surface area contributed by atoms with E-state index in [-0.39, 0.29) is 17.5 Å². The molecule has 1 aromatic carbocycles. The monoisotopic (exact) mass is 383 g/mol. The van der Waals surface area contributed by atoms with Crippen molar-refractivity contribution in [3.05, 3.63) is 41.7 Å². The van der Waals surface area contributed by atoms with Crippen LogP contribution < -0.4 is 5.32 Å². The minimum atomic E-state index is -4.89. The molecule has 0 spiro atoms. The number of carboxylic acids is 1. The van der Waals surface area contributed by atoms with E-state index >= 15 is 0 Å². The van der Waals surface area contributed by atoms with E-state index in [1.165, 1.54) is 24.3 Å². The molecule has 1 aliphatic heterocycles. The lowest BCUT2D eigenvalue weighted by molar-refractivity contribution is -0.143. The van der Waals surface area contributed by atoms with Gasteiger partial charge >= 0.3 is 12.1 Å². The van der Waals surface area contributed by atoms with Gasteiger partial charge in [-0.05, 0) is 37.1 Å². The van der Waals surface area contributed by atoms with Crippen molar-refractivity contribution < 1.29 is 32.6 Å². The van der Waals surface area contributed by atoms with E-state index in [1.54, 1.807) is 0 Å². The van der Waals surface area contributed by atoms with Crippen LogP contribution in [0.5, 0.6) is 0 Å². The van der Waals surface area contributed by atoms with E-state index < -0.39 is 23.4 Å². The van der Waals surface area contributed by atoms with Crippen LogP contribution in [0, 0.1) is 5.92 Å². The van der Waals surface area contributed by atoms with Gasteiger partial charge < -0.3 is 15.2 Å². The van der Waals surface area contributed by atoms with E-state index in [0.29, 0.717) is 42.6 Å². The highest BCUT2D eigenvalue weighted by atomic mass is 19.4. The van der Waals surface area contributed by atoms with Gasteiger partial charge in [-0.15, -0.1) is 0 Å². The summed E-state index contributed by atoms with van der Waals surface area (Å²) >= 11 is 0. The van der Waals surface area contributed by atoms with Crippen molar-refractivity contribution in [3.63, 3.8) is 0 Å². The van der Waals surface area contributed by atoms with Gasteiger partial charge in [0.15, 0.2) is 5.69 Å². The van der Waals surface area contributed by atoms with Gasteiger partial charge in [0, 0.05) is 24.8 Å². The molecule has 27 heavy (non-hydrogen) atoms. The van der Waals surface area contributed by atoms with Crippen molar-refractivity contribution in [2.75, 3.05) is 18.5 Å². The molecule has 0 radical (unpaired) electrons. The van der Waals surface area contributed by atoms with Crippen LogP contribution in [0.2, 0.25) is 0 Å². The van der Waals surface area contributed by atoms with Crippen LogP contribution in [0.1, 0.15) is 28.9 Å². The van der Waals surface area contributed by atoms with Gasteiger partial charge in [0.05, 0.1) is 11.9 Å². The molecule has 2 heterocycles. The number of alkyl halides is 3. The standard InChI is InChI=1S/C17H16F3N3O4/c18-17(19,20)14-13(16(25)26)9-21-23(14)12-3-1-11(2-4-12)22-15(24)10-5-7-27-8-6-10/h1-4,9-10H,5-8H2,(H,22,24)(H,25,26). The smallest absolute Gasteiger partial charge is 0.434 e. The van der Waals surface area contributed by atoms with Crippen molar-refractivity contribution in [1.82, 2.24) is 9.78 Å². The van der Waals surface area contributed by atoms with Gasteiger partial charge in [-0.3, -0.25) is 4.79 Å². The Morgan fingerprint density at radius 1 is 1.19 bits per heavy atom. The number of benzene rings is 1. The fraction of sp³-hybridized carbons (Fsp3) is 0.353. The van der Waals surface area contributed by atoms with Gasteiger partial charge in [0.25, 0.3) is 0 Å². The maximum absolute atomic E-state index is 13.3. The van der Waals surface area contributed by atoms with Crippen molar-refractivity contribution in [2.45, 2.75) is 19.0 Å². The molecule has 1 aliphatic rings. The zero-order valence-electron chi connectivity index (χ0n) is 14.0. The van der Waals surface area contributed by atoms with Crippen molar-refractivity contribution in [1.29, 1.82) is 0 Å².